The first-order valence-electron chi connectivity index (χ1n) is 4.88. The standard InChI is InChI=1S/C11H13FN2O2/c12-9-4-2-1-3-8(9)7-14-11(16)6-5-10(13)15/h1-4H,5-7H2,(H2,13,15)(H,14,16). The summed E-state index contributed by atoms with van der Waals surface area (Å²) < 4.78 is 13.1. The Morgan fingerprint density at radius 3 is 2.56 bits per heavy atom. The second kappa shape index (κ2) is 5.85. The lowest BCUT2D eigenvalue weighted by atomic mass is 10.2. The SMILES string of the molecule is NC(=O)CCC(=O)NCc1ccccc1F. The largest absolute Gasteiger partial charge is 0.370 e. The first-order chi connectivity index (χ1) is 7.59. The van der Waals surface area contributed by atoms with Crippen LogP contribution >= 0.6 is 0 Å². The average molecular weight is 224 g/mol. The van der Waals surface area contributed by atoms with E-state index in [4.69, 9.17) is 5.73 Å². The summed E-state index contributed by atoms with van der Waals surface area (Å²) in [6, 6.07) is 6.18. The topological polar surface area (TPSA) is 72.2 Å². The van der Waals surface area contributed by atoms with E-state index in [0.29, 0.717) is 5.56 Å². The zero-order valence-corrected chi connectivity index (χ0v) is 8.70. The highest BCUT2D eigenvalue weighted by atomic mass is 19.1. The number of nitrogens with two attached hydrogens (primary N) is 1. The molecule has 0 saturated heterocycles. The lowest BCUT2D eigenvalue weighted by molar-refractivity contribution is -0.125. The molecule has 3 N–H and O–H groups in total. The average Bonchev–Trinajstić information content (AvgIpc) is 2.25. The molecule has 0 spiro atoms. The van der Waals surface area contributed by atoms with Crippen LogP contribution in [0.3, 0.4) is 0 Å². The summed E-state index contributed by atoms with van der Waals surface area (Å²) in [6.45, 7) is 0.115. The zero-order valence-electron chi connectivity index (χ0n) is 8.70. The van der Waals surface area contributed by atoms with E-state index in [9.17, 15) is 14.0 Å². The van der Waals surface area contributed by atoms with Crippen LogP contribution in [0.15, 0.2) is 24.3 Å². The van der Waals surface area contributed by atoms with Crippen molar-refractivity contribution in [2.75, 3.05) is 0 Å². The van der Waals surface area contributed by atoms with Crippen LogP contribution in [0.4, 0.5) is 4.39 Å². The van der Waals surface area contributed by atoms with Crippen molar-refractivity contribution in [1.29, 1.82) is 0 Å². The Bertz CT molecular complexity index is 393. The van der Waals surface area contributed by atoms with Crippen LogP contribution < -0.4 is 11.1 Å². The van der Waals surface area contributed by atoms with Gasteiger partial charge in [-0.1, -0.05) is 18.2 Å². The molecule has 0 saturated carbocycles. The highest BCUT2D eigenvalue weighted by Gasteiger charge is 2.05. The fourth-order valence-corrected chi connectivity index (χ4v) is 1.16. The first-order valence-corrected chi connectivity index (χ1v) is 4.88. The Hall–Kier alpha value is -1.91. The van der Waals surface area contributed by atoms with E-state index in [0.717, 1.165) is 0 Å². The van der Waals surface area contributed by atoms with Crippen LogP contribution in [-0.4, -0.2) is 11.8 Å². The highest BCUT2D eigenvalue weighted by molar-refractivity contribution is 5.82. The van der Waals surface area contributed by atoms with Crippen LogP contribution in [0.5, 0.6) is 0 Å². The number of amides is 2. The van der Waals surface area contributed by atoms with E-state index in [-0.39, 0.29) is 31.1 Å². The van der Waals surface area contributed by atoms with Crippen molar-refractivity contribution < 1.29 is 14.0 Å². The van der Waals surface area contributed by atoms with Crippen molar-refractivity contribution in [1.82, 2.24) is 5.32 Å². The third kappa shape index (κ3) is 4.08. The molecule has 0 aliphatic rings. The van der Waals surface area contributed by atoms with Crippen molar-refractivity contribution in [2.24, 2.45) is 5.73 Å². The molecule has 0 aliphatic carbocycles. The Balaban J connectivity index is 2.37. The van der Waals surface area contributed by atoms with E-state index in [2.05, 4.69) is 5.32 Å². The molecule has 16 heavy (non-hydrogen) atoms. The van der Waals surface area contributed by atoms with Crippen molar-refractivity contribution in [3.05, 3.63) is 35.6 Å². The zero-order chi connectivity index (χ0) is 12.0. The number of carbonyl (C=O) groups excluding carboxylic acids is 2. The second-order valence-electron chi connectivity index (χ2n) is 3.33. The van der Waals surface area contributed by atoms with Gasteiger partial charge in [0.15, 0.2) is 0 Å². The molecule has 0 heterocycles. The maximum Gasteiger partial charge on any atom is 0.220 e. The van der Waals surface area contributed by atoms with Gasteiger partial charge < -0.3 is 11.1 Å². The van der Waals surface area contributed by atoms with Crippen molar-refractivity contribution in [3.8, 4) is 0 Å². The maximum absolute atomic E-state index is 13.1. The van der Waals surface area contributed by atoms with E-state index in [1.165, 1.54) is 6.07 Å². The smallest absolute Gasteiger partial charge is 0.220 e. The maximum atomic E-state index is 13.1. The van der Waals surface area contributed by atoms with Crippen molar-refractivity contribution in [3.63, 3.8) is 0 Å². The molecular weight excluding hydrogens is 211 g/mol. The van der Waals surface area contributed by atoms with Gasteiger partial charge >= 0.3 is 0 Å². The summed E-state index contributed by atoms with van der Waals surface area (Å²) >= 11 is 0. The fourth-order valence-electron chi connectivity index (χ4n) is 1.16. The number of rotatable bonds is 5. The van der Waals surface area contributed by atoms with Gasteiger partial charge in [-0.15, -0.1) is 0 Å². The number of halogens is 1. The van der Waals surface area contributed by atoms with Crippen LogP contribution in [0.2, 0.25) is 0 Å². The number of hydrogen-bond donors (Lipinski definition) is 2. The Labute approximate surface area is 92.6 Å². The van der Waals surface area contributed by atoms with Gasteiger partial charge in [-0.3, -0.25) is 9.59 Å². The molecule has 0 aromatic heterocycles. The molecule has 1 aromatic rings. The quantitative estimate of drug-likeness (QED) is 0.773. The van der Waals surface area contributed by atoms with Crippen LogP contribution in [0.25, 0.3) is 0 Å². The van der Waals surface area contributed by atoms with Crippen LogP contribution in [-0.2, 0) is 16.1 Å². The molecule has 0 fully saturated rings. The van der Waals surface area contributed by atoms with Gasteiger partial charge in [0.25, 0.3) is 0 Å². The number of carbonyl (C=O) groups is 2. The number of hydrogen-bond acceptors (Lipinski definition) is 2. The van der Waals surface area contributed by atoms with Crippen LogP contribution in [0.1, 0.15) is 18.4 Å². The third-order valence-corrected chi connectivity index (χ3v) is 2.03. The predicted molar refractivity (Wildman–Crippen MR) is 56.7 cm³/mol. The predicted octanol–water partition coefficient (Wildman–Crippen LogP) is 0.707. The van der Waals surface area contributed by atoms with Gasteiger partial charge in [0.1, 0.15) is 5.82 Å². The highest BCUT2D eigenvalue weighted by Crippen LogP contribution is 2.05. The molecule has 1 rings (SSSR count). The summed E-state index contributed by atoms with van der Waals surface area (Å²) in [7, 11) is 0. The minimum atomic E-state index is -0.527. The summed E-state index contributed by atoms with van der Waals surface area (Å²) in [6.07, 6.45) is 0.0346. The van der Waals surface area contributed by atoms with E-state index >= 15 is 0 Å². The second-order valence-corrected chi connectivity index (χ2v) is 3.33. The summed E-state index contributed by atoms with van der Waals surface area (Å²) in [5.74, 6) is -1.21. The molecular formula is C11H13FN2O2. The van der Waals surface area contributed by atoms with Crippen LogP contribution in [0, 0.1) is 5.82 Å². The Morgan fingerprint density at radius 2 is 1.94 bits per heavy atom. The van der Waals surface area contributed by atoms with E-state index < -0.39 is 5.91 Å². The summed E-state index contributed by atoms with van der Waals surface area (Å²) in [4.78, 5) is 21.6. The minimum absolute atomic E-state index is 0.00308. The molecule has 0 atom stereocenters. The van der Waals surface area contributed by atoms with E-state index in [1.54, 1.807) is 18.2 Å². The Morgan fingerprint density at radius 1 is 1.25 bits per heavy atom. The number of benzene rings is 1. The molecule has 2 amide bonds. The molecule has 0 bridgehead atoms. The lowest BCUT2D eigenvalue weighted by Gasteiger charge is -2.05. The van der Waals surface area contributed by atoms with Crippen molar-refractivity contribution in [2.45, 2.75) is 19.4 Å². The van der Waals surface area contributed by atoms with Gasteiger partial charge in [-0.2, -0.15) is 0 Å². The third-order valence-electron chi connectivity index (χ3n) is 2.03. The monoisotopic (exact) mass is 224 g/mol. The van der Waals surface area contributed by atoms with Gasteiger partial charge in [-0.25, -0.2) is 4.39 Å². The molecule has 86 valence electrons. The van der Waals surface area contributed by atoms with Gasteiger partial charge in [0.05, 0.1) is 0 Å². The molecule has 4 nitrogen and oxygen atoms in total. The normalized spacial score (nSPS) is 9.81. The fraction of sp³-hybridized carbons (Fsp3) is 0.273. The molecule has 0 unspecified atom stereocenters. The van der Waals surface area contributed by atoms with Gasteiger partial charge in [0, 0.05) is 24.9 Å². The van der Waals surface area contributed by atoms with Gasteiger partial charge in [-0.05, 0) is 6.07 Å². The molecule has 0 radical (unpaired) electrons. The first kappa shape index (κ1) is 12.2. The number of nitrogens with one attached hydrogen (secondary N) is 1. The minimum Gasteiger partial charge on any atom is -0.370 e. The summed E-state index contributed by atoms with van der Waals surface area (Å²) in [5, 5.41) is 2.51. The molecule has 5 heteroatoms. The number of primary amides is 1. The molecule has 0 aliphatic heterocycles. The van der Waals surface area contributed by atoms with Crippen molar-refractivity contribution >= 4 is 11.8 Å². The Kier molecular flexibility index (Phi) is 4.44. The lowest BCUT2D eigenvalue weighted by Crippen LogP contribution is -2.24. The van der Waals surface area contributed by atoms with Gasteiger partial charge in [0.2, 0.25) is 11.8 Å². The summed E-state index contributed by atoms with van der Waals surface area (Å²) in [5.41, 5.74) is 5.31. The van der Waals surface area contributed by atoms with E-state index in [1.807, 2.05) is 0 Å². The molecule has 1 aromatic carbocycles.